The monoisotopic (exact) mass is 265 g/mol. The van der Waals surface area contributed by atoms with Crippen LogP contribution in [-0.2, 0) is 4.79 Å². The minimum absolute atomic E-state index is 0.0118. The van der Waals surface area contributed by atoms with Crippen molar-refractivity contribution in [1.29, 1.82) is 0 Å². The third kappa shape index (κ3) is 5.30. The second-order valence-corrected chi connectivity index (χ2v) is 4.80. The molecule has 19 heavy (non-hydrogen) atoms. The summed E-state index contributed by atoms with van der Waals surface area (Å²) in [6, 6.07) is 7.72. The molecule has 0 fully saturated rings. The molecule has 0 saturated heterocycles. The van der Waals surface area contributed by atoms with Crippen molar-refractivity contribution in [3.63, 3.8) is 0 Å². The van der Waals surface area contributed by atoms with Crippen LogP contribution in [0.25, 0.3) is 0 Å². The number of aliphatic hydroxyl groups excluding tert-OH is 1. The van der Waals surface area contributed by atoms with Gasteiger partial charge in [0.15, 0.2) is 0 Å². The molecule has 1 aromatic rings. The largest absolute Gasteiger partial charge is 0.494 e. The van der Waals surface area contributed by atoms with Gasteiger partial charge in [0.2, 0.25) is 5.91 Å². The summed E-state index contributed by atoms with van der Waals surface area (Å²) in [5, 5.41) is 8.98. The van der Waals surface area contributed by atoms with Gasteiger partial charge in [-0.25, -0.2) is 0 Å². The smallest absolute Gasteiger partial charge is 0.222 e. The van der Waals surface area contributed by atoms with Crippen LogP contribution in [0.15, 0.2) is 24.3 Å². The number of likely N-dealkylation sites (N-methyl/N-ethyl adjacent to an activating group) is 1. The molecular formula is C15H23NO3. The molecule has 1 amide bonds. The summed E-state index contributed by atoms with van der Waals surface area (Å²) in [6.07, 6.45) is 1.11. The molecule has 0 aromatic heterocycles. The summed E-state index contributed by atoms with van der Waals surface area (Å²) in [5.41, 5.74) is 1.20. The number of nitrogens with zero attached hydrogens (tertiary/aromatic N) is 1. The molecular weight excluding hydrogens is 242 g/mol. The second kappa shape index (κ2) is 7.79. The number of carbonyl (C=O) groups is 1. The van der Waals surface area contributed by atoms with E-state index >= 15 is 0 Å². The SMILES string of the molecule is Cc1ccc(OCCCC(=O)N(C)C(C)CO)cc1. The van der Waals surface area contributed by atoms with E-state index < -0.39 is 0 Å². The number of hydrogen-bond donors (Lipinski definition) is 1. The van der Waals surface area contributed by atoms with Crippen LogP contribution >= 0.6 is 0 Å². The maximum atomic E-state index is 11.8. The van der Waals surface area contributed by atoms with Gasteiger partial charge in [-0.15, -0.1) is 0 Å². The fraction of sp³-hybridized carbons (Fsp3) is 0.533. The molecule has 0 bridgehead atoms. The molecule has 106 valence electrons. The van der Waals surface area contributed by atoms with Crippen molar-refractivity contribution in [3.05, 3.63) is 29.8 Å². The Morgan fingerprint density at radius 1 is 1.37 bits per heavy atom. The number of hydrogen-bond acceptors (Lipinski definition) is 3. The van der Waals surface area contributed by atoms with Crippen molar-refractivity contribution in [2.45, 2.75) is 32.7 Å². The van der Waals surface area contributed by atoms with E-state index in [0.29, 0.717) is 19.4 Å². The molecule has 0 aliphatic heterocycles. The minimum atomic E-state index is -0.134. The molecule has 0 heterocycles. The average molecular weight is 265 g/mol. The third-order valence-electron chi connectivity index (χ3n) is 3.14. The summed E-state index contributed by atoms with van der Waals surface area (Å²) in [6.45, 7) is 4.36. The minimum Gasteiger partial charge on any atom is -0.494 e. The van der Waals surface area contributed by atoms with E-state index in [9.17, 15) is 4.79 Å². The highest BCUT2D eigenvalue weighted by molar-refractivity contribution is 5.76. The third-order valence-corrected chi connectivity index (χ3v) is 3.14. The van der Waals surface area contributed by atoms with Gasteiger partial charge in [0.1, 0.15) is 5.75 Å². The molecule has 0 radical (unpaired) electrons. The lowest BCUT2D eigenvalue weighted by Gasteiger charge is -2.23. The summed E-state index contributed by atoms with van der Waals surface area (Å²) in [4.78, 5) is 13.3. The van der Waals surface area contributed by atoms with E-state index in [0.717, 1.165) is 5.75 Å². The van der Waals surface area contributed by atoms with Crippen LogP contribution in [0.1, 0.15) is 25.3 Å². The van der Waals surface area contributed by atoms with Gasteiger partial charge in [-0.05, 0) is 32.4 Å². The van der Waals surface area contributed by atoms with E-state index in [1.807, 2.05) is 38.1 Å². The zero-order chi connectivity index (χ0) is 14.3. The Morgan fingerprint density at radius 2 is 2.00 bits per heavy atom. The van der Waals surface area contributed by atoms with E-state index in [-0.39, 0.29) is 18.6 Å². The van der Waals surface area contributed by atoms with Crippen molar-refractivity contribution >= 4 is 5.91 Å². The molecule has 1 N–H and O–H groups in total. The molecule has 0 aliphatic rings. The highest BCUT2D eigenvalue weighted by Gasteiger charge is 2.14. The zero-order valence-corrected chi connectivity index (χ0v) is 11.9. The van der Waals surface area contributed by atoms with Gasteiger partial charge in [-0.2, -0.15) is 0 Å². The molecule has 1 aromatic carbocycles. The fourth-order valence-corrected chi connectivity index (χ4v) is 1.59. The van der Waals surface area contributed by atoms with Crippen LogP contribution in [0.2, 0.25) is 0 Å². The van der Waals surface area contributed by atoms with Crippen LogP contribution in [0.5, 0.6) is 5.75 Å². The van der Waals surface area contributed by atoms with Crippen LogP contribution in [0.3, 0.4) is 0 Å². The number of rotatable bonds is 7. The number of amides is 1. The number of aryl methyl sites for hydroxylation is 1. The van der Waals surface area contributed by atoms with Gasteiger partial charge in [0.25, 0.3) is 0 Å². The highest BCUT2D eigenvalue weighted by atomic mass is 16.5. The first-order valence-electron chi connectivity index (χ1n) is 6.60. The summed E-state index contributed by atoms with van der Waals surface area (Å²) in [5.74, 6) is 0.865. The molecule has 0 saturated carbocycles. The lowest BCUT2D eigenvalue weighted by molar-refractivity contribution is -0.132. The Balaban J connectivity index is 2.23. The van der Waals surface area contributed by atoms with Crippen LogP contribution in [0.4, 0.5) is 0 Å². The Labute approximate surface area is 115 Å². The predicted octanol–water partition coefficient (Wildman–Crippen LogP) is 1.99. The molecule has 4 nitrogen and oxygen atoms in total. The van der Waals surface area contributed by atoms with Crippen molar-refractivity contribution in [3.8, 4) is 5.75 Å². The molecule has 1 rings (SSSR count). The van der Waals surface area contributed by atoms with E-state index in [2.05, 4.69) is 0 Å². The number of benzene rings is 1. The molecule has 1 unspecified atom stereocenters. The molecule has 4 heteroatoms. The first-order chi connectivity index (χ1) is 9.04. The first kappa shape index (κ1) is 15.5. The topological polar surface area (TPSA) is 49.8 Å². The number of ether oxygens (including phenoxy) is 1. The maximum Gasteiger partial charge on any atom is 0.222 e. The molecule has 1 atom stereocenters. The zero-order valence-electron chi connectivity index (χ0n) is 11.9. The van der Waals surface area contributed by atoms with Crippen molar-refractivity contribution in [1.82, 2.24) is 4.90 Å². The first-order valence-corrected chi connectivity index (χ1v) is 6.60. The van der Waals surface area contributed by atoms with Gasteiger partial charge < -0.3 is 14.7 Å². The van der Waals surface area contributed by atoms with Gasteiger partial charge in [-0.3, -0.25) is 4.79 Å². The van der Waals surface area contributed by atoms with Crippen LogP contribution in [-0.4, -0.2) is 42.2 Å². The van der Waals surface area contributed by atoms with Gasteiger partial charge >= 0.3 is 0 Å². The van der Waals surface area contributed by atoms with E-state index in [4.69, 9.17) is 9.84 Å². The lowest BCUT2D eigenvalue weighted by atomic mass is 10.2. The van der Waals surface area contributed by atoms with Gasteiger partial charge in [0.05, 0.1) is 19.3 Å². The normalized spacial score (nSPS) is 12.0. The summed E-state index contributed by atoms with van der Waals surface area (Å²) in [7, 11) is 1.71. The van der Waals surface area contributed by atoms with Crippen LogP contribution in [0, 0.1) is 6.92 Å². The number of carbonyl (C=O) groups excluding carboxylic acids is 1. The average Bonchev–Trinajstić information content (AvgIpc) is 2.43. The lowest BCUT2D eigenvalue weighted by Crippen LogP contribution is -2.37. The van der Waals surface area contributed by atoms with Crippen molar-refractivity contribution in [2.24, 2.45) is 0 Å². The quantitative estimate of drug-likeness (QED) is 0.767. The maximum absolute atomic E-state index is 11.8. The van der Waals surface area contributed by atoms with Crippen molar-refractivity contribution < 1.29 is 14.6 Å². The van der Waals surface area contributed by atoms with E-state index in [1.165, 1.54) is 5.56 Å². The van der Waals surface area contributed by atoms with Crippen LogP contribution < -0.4 is 4.74 Å². The Bertz CT molecular complexity index is 389. The number of aliphatic hydroxyl groups is 1. The summed E-state index contributed by atoms with van der Waals surface area (Å²) >= 11 is 0. The standard InChI is InChI=1S/C15H23NO3/c1-12-6-8-14(9-7-12)19-10-4-5-15(18)16(3)13(2)11-17/h6-9,13,17H,4-5,10-11H2,1-3H3. The molecule has 0 aliphatic carbocycles. The Hall–Kier alpha value is -1.55. The second-order valence-electron chi connectivity index (χ2n) is 4.80. The highest BCUT2D eigenvalue weighted by Crippen LogP contribution is 2.12. The Kier molecular flexibility index (Phi) is 6.36. The van der Waals surface area contributed by atoms with Gasteiger partial charge in [0, 0.05) is 13.5 Å². The van der Waals surface area contributed by atoms with E-state index in [1.54, 1.807) is 11.9 Å². The van der Waals surface area contributed by atoms with Gasteiger partial charge in [-0.1, -0.05) is 17.7 Å². The van der Waals surface area contributed by atoms with Crippen molar-refractivity contribution in [2.75, 3.05) is 20.3 Å². The fourth-order valence-electron chi connectivity index (χ4n) is 1.59. The molecule has 0 spiro atoms. The Morgan fingerprint density at radius 3 is 2.58 bits per heavy atom. The summed E-state index contributed by atoms with van der Waals surface area (Å²) < 4.78 is 5.56. The predicted molar refractivity (Wildman–Crippen MR) is 75.2 cm³/mol.